The molecule has 2 rings (SSSR count). The summed E-state index contributed by atoms with van der Waals surface area (Å²) in [5, 5.41) is 6.48. The quantitative estimate of drug-likeness (QED) is 0.788. The number of amides is 1. The number of nitrogens with one attached hydrogen (secondary N) is 2. The van der Waals surface area contributed by atoms with Crippen LogP contribution in [-0.4, -0.2) is 62.3 Å². The Balaban J connectivity index is 0.00000200. The summed E-state index contributed by atoms with van der Waals surface area (Å²) in [5.41, 5.74) is 0. The van der Waals surface area contributed by atoms with E-state index in [9.17, 15) is 4.79 Å². The molecule has 0 saturated carbocycles. The third-order valence-corrected chi connectivity index (χ3v) is 3.92. The standard InChI is InChI=1S/C14H27N3O2.2ClH/c1-2-6-17-7-3-12(4-8-17)16-14(18)10-13-11-19-9-5-15-13;;/h12-13,15H,2-11H2,1H3,(H,16,18);2*1H. The topological polar surface area (TPSA) is 53.6 Å². The molecular formula is C14H29Cl2N3O2. The second-order valence-corrected chi connectivity index (χ2v) is 5.61. The summed E-state index contributed by atoms with van der Waals surface area (Å²) >= 11 is 0. The Hall–Kier alpha value is -0.0700. The third-order valence-electron chi connectivity index (χ3n) is 3.92. The van der Waals surface area contributed by atoms with Gasteiger partial charge < -0.3 is 20.3 Å². The molecule has 2 aliphatic rings. The number of rotatable bonds is 5. The first-order valence-electron chi connectivity index (χ1n) is 7.60. The van der Waals surface area contributed by atoms with Gasteiger partial charge >= 0.3 is 0 Å². The van der Waals surface area contributed by atoms with Gasteiger partial charge in [-0.15, -0.1) is 24.8 Å². The van der Waals surface area contributed by atoms with Crippen molar-refractivity contribution in [3.05, 3.63) is 0 Å². The first-order valence-corrected chi connectivity index (χ1v) is 7.60. The smallest absolute Gasteiger partial charge is 0.221 e. The predicted molar refractivity (Wildman–Crippen MR) is 89.6 cm³/mol. The Bertz CT molecular complexity index is 281. The van der Waals surface area contributed by atoms with E-state index in [1.807, 2.05) is 0 Å². The fourth-order valence-electron chi connectivity index (χ4n) is 2.88. The molecule has 0 aliphatic carbocycles. The maximum atomic E-state index is 12.0. The molecule has 5 nitrogen and oxygen atoms in total. The van der Waals surface area contributed by atoms with Gasteiger partial charge in [0.25, 0.3) is 0 Å². The molecular weight excluding hydrogens is 313 g/mol. The Kier molecular flexibility index (Phi) is 11.5. The molecule has 0 radical (unpaired) electrons. The number of nitrogens with zero attached hydrogens (tertiary/aromatic N) is 1. The fraction of sp³-hybridized carbons (Fsp3) is 0.929. The summed E-state index contributed by atoms with van der Waals surface area (Å²) in [6.07, 6.45) is 3.92. The van der Waals surface area contributed by atoms with Crippen molar-refractivity contribution < 1.29 is 9.53 Å². The molecule has 0 aromatic rings. The minimum absolute atomic E-state index is 0. The highest BCUT2D eigenvalue weighted by atomic mass is 35.5. The van der Waals surface area contributed by atoms with Crippen LogP contribution in [0.25, 0.3) is 0 Å². The van der Waals surface area contributed by atoms with E-state index in [1.54, 1.807) is 0 Å². The van der Waals surface area contributed by atoms with Crippen molar-refractivity contribution in [2.75, 3.05) is 39.4 Å². The summed E-state index contributed by atoms with van der Waals surface area (Å²) in [4.78, 5) is 14.5. The highest BCUT2D eigenvalue weighted by molar-refractivity contribution is 5.85. The highest BCUT2D eigenvalue weighted by Crippen LogP contribution is 2.11. The average Bonchev–Trinajstić information content (AvgIpc) is 2.42. The Morgan fingerprint density at radius 3 is 2.62 bits per heavy atom. The van der Waals surface area contributed by atoms with Crippen LogP contribution in [0.15, 0.2) is 0 Å². The van der Waals surface area contributed by atoms with Crippen molar-refractivity contribution in [2.24, 2.45) is 0 Å². The highest BCUT2D eigenvalue weighted by Gasteiger charge is 2.22. The molecule has 126 valence electrons. The number of hydrogen-bond donors (Lipinski definition) is 2. The van der Waals surface area contributed by atoms with Gasteiger partial charge in [-0.2, -0.15) is 0 Å². The lowest BCUT2D eigenvalue weighted by atomic mass is 10.0. The van der Waals surface area contributed by atoms with E-state index in [1.165, 1.54) is 13.0 Å². The number of halogens is 2. The Morgan fingerprint density at radius 1 is 1.33 bits per heavy atom. The normalized spacial score (nSPS) is 23.8. The fourth-order valence-corrected chi connectivity index (χ4v) is 2.88. The maximum absolute atomic E-state index is 12.0. The number of hydrogen-bond acceptors (Lipinski definition) is 4. The van der Waals surface area contributed by atoms with Gasteiger partial charge in [0.05, 0.1) is 13.2 Å². The molecule has 1 amide bonds. The van der Waals surface area contributed by atoms with Crippen LogP contribution in [0.2, 0.25) is 0 Å². The van der Waals surface area contributed by atoms with Crippen molar-refractivity contribution in [1.82, 2.24) is 15.5 Å². The van der Waals surface area contributed by atoms with Gasteiger partial charge in [-0.25, -0.2) is 0 Å². The number of morpholine rings is 1. The van der Waals surface area contributed by atoms with Crippen molar-refractivity contribution in [1.29, 1.82) is 0 Å². The molecule has 1 unspecified atom stereocenters. The second kappa shape index (κ2) is 11.5. The molecule has 21 heavy (non-hydrogen) atoms. The lowest BCUT2D eigenvalue weighted by molar-refractivity contribution is -0.123. The summed E-state index contributed by atoms with van der Waals surface area (Å²) in [6.45, 7) is 7.90. The number of carbonyl (C=O) groups is 1. The number of carbonyl (C=O) groups excluding carboxylic acids is 1. The molecule has 2 fully saturated rings. The first-order chi connectivity index (χ1) is 9.28. The second-order valence-electron chi connectivity index (χ2n) is 5.61. The summed E-state index contributed by atoms with van der Waals surface area (Å²) in [6, 6.07) is 0.555. The molecule has 7 heteroatoms. The molecule has 0 aromatic carbocycles. The lowest BCUT2D eigenvalue weighted by Gasteiger charge is -2.32. The molecule has 0 bridgehead atoms. The largest absolute Gasteiger partial charge is 0.378 e. The van der Waals surface area contributed by atoms with E-state index in [-0.39, 0.29) is 36.8 Å². The van der Waals surface area contributed by atoms with Gasteiger partial charge in [-0.05, 0) is 25.8 Å². The predicted octanol–water partition coefficient (Wildman–Crippen LogP) is 1.20. The van der Waals surface area contributed by atoms with Crippen LogP contribution in [0, 0.1) is 0 Å². The zero-order chi connectivity index (χ0) is 13.5. The van der Waals surface area contributed by atoms with Gasteiger partial charge in [0, 0.05) is 38.1 Å². The van der Waals surface area contributed by atoms with Crippen LogP contribution in [0.1, 0.15) is 32.6 Å². The van der Waals surface area contributed by atoms with E-state index in [4.69, 9.17) is 4.74 Å². The minimum atomic E-state index is 0. The number of likely N-dealkylation sites (tertiary alicyclic amines) is 1. The van der Waals surface area contributed by atoms with Gasteiger partial charge in [0.1, 0.15) is 0 Å². The molecule has 0 spiro atoms. The van der Waals surface area contributed by atoms with Gasteiger partial charge in [0.2, 0.25) is 5.91 Å². The number of piperidine rings is 1. The first kappa shape index (κ1) is 20.9. The molecule has 1 atom stereocenters. The van der Waals surface area contributed by atoms with Crippen LogP contribution in [0.5, 0.6) is 0 Å². The lowest BCUT2D eigenvalue weighted by Crippen LogP contribution is -2.48. The van der Waals surface area contributed by atoms with Crippen molar-refractivity contribution in [3.8, 4) is 0 Å². The molecule has 2 heterocycles. The van der Waals surface area contributed by atoms with Crippen LogP contribution in [-0.2, 0) is 9.53 Å². The summed E-state index contributed by atoms with van der Waals surface area (Å²) < 4.78 is 5.36. The monoisotopic (exact) mass is 341 g/mol. The summed E-state index contributed by atoms with van der Waals surface area (Å²) in [7, 11) is 0. The van der Waals surface area contributed by atoms with E-state index in [2.05, 4.69) is 22.5 Å². The third kappa shape index (κ3) is 7.66. The van der Waals surface area contributed by atoms with E-state index < -0.39 is 0 Å². The Morgan fingerprint density at radius 2 is 2.05 bits per heavy atom. The Labute approximate surface area is 140 Å². The molecule has 2 saturated heterocycles. The van der Waals surface area contributed by atoms with Gasteiger partial charge in [-0.3, -0.25) is 4.79 Å². The van der Waals surface area contributed by atoms with Crippen LogP contribution >= 0.6 is 24.8 Å². The van der Waals surface area contributed by atoms with E-state index in [0.29, 0.717) is 19.1 Å². The summed E-state index contributed by atoms with van der Waals surface area (Å²) in [5.74, 6) is 0.164. The SMILES string of the molecule is CCCN1CCC(NC(=O)CC2COCCN2)CC1.Cl.Cl. The molecule has 0 aromatic heterocycles. The van der Waals surface area contributed by atoms with Crippen molar-refractivity contribution >= 4 is 30.7 Å². The van der Waals surface area contributed by atoms with Crippen LogP contribution < -0.4 is 10.6 Å². The van der Waals surface area contributed by atoms with Crippen LogP contribution in [0.4, 0.5) is 0 Å². The van der Waals surface area contributed by atoms with E-state index >= 15 is 0 Å². The van der Waals surface area contributed by atoms with Crippen molar-refractivity contribution in [2.45, 2.75) is 44.7 Å². The van der Waals surface area contributed by atoms with E-state index in [0.717, 1.165) is 39.1 Å². The molecule has 2 N–H and O–H groups in total. The minimum Gasteiger partial charge on any atom is -0.378 e. The van der Waals surface area contributed by atoms with Gasteiger partial charge in [-0.1, -0.05) is 6.92 Å². The average molecular weight is 342 g/mol. The maximum Gasteiger partial charge on any atom is 0.221 e. The van der Waals surface area contributed by atoms with Crippen LogP contribution in [0.3, 0.4) is 0 Å². The zero-order valence-corrected chi connectivity index (χ0v) is 14.4. The van der Waals surface area contributed by atoms with Gasteiger partial charge in [0.15, 0.2) is 0 Å². The van der Waals surface area contributed by atoms with Crippen molar-refractivity contribution in [3.63, 3.8) is 0 Å². The zero-order valence-electron chi connectivity index (χ0n) is 12.8. The number of ether oxygens (including phenoxy) is 1. The molecule has 2 aliphatic heterocycles.